The lowest BCUT2D eigenvalue weighted by atomic mass is 9.70. The van der Waals surface area contributed by atoms with E-state index in [0.29, 0.717) is 0 Å². The first-order chi connectivity index (χ1) is 21.9. The van der Waals surface area contributed by atoms with Gasteiger partial charge in [-0.1, -0.05) is 133 Å². The van der Waals surface area contributed by atoms with Crippen LogP contribution in [0.3, 0.4) is 0 Å². The minimum atomic E-state index is -0.331. The Morgan fingerprint density at radius 3 is 1.66 bits per heavy atom. The van der Waals surface area contributed by atoms with Crippen LogP contribution in [0, 0.1) is 0 Å². The highest BCUT2D eigenvalue weighted by Crippen LogP contribution is 2.63. The lowest BCUT2D eigenvalue weighted by Crippen LogP contribution is -2.25. The highest BCUT2D eigenvalue weighted by atomic mass is 15.0. The second-order valence-electron chi connectivity index (χ2n) is 12.0. The van der Waals surface area contributed by atoms with E-state index in [0.717, 1.165) is 0 Å². The van der Waals surface area contributed by atoms with E-state index < -0.39 is 0 Å². The van der Waals surface area contributed by atoms with Crippen LogP contribution in [0.25, 0.3) is 60.9 Å². The Morgan fingerprint density at radius 2 is 0.909 bits per heavy atom. The molecule has 0 unspecified atom stereocenters. The first-order valence-electron chi connectivity index (χ1n) is 15.4. The summed E-state index contributed by atoms with van der Waals surface area (Å²) < 4.78 is 2.39. The van der Waals surface area contributed by atoms with E-state index >= 15 is 0 Å². The van der Waals surface area contributed by atoms with Crippen molar-refractivity contribution in [1.29, 1.82) is 0 Å². The minimum Gasteiger partial charge on any atom is -0.309 e. The first-order valence-corrected chi connectivity index (χ1v) is 15.4. The smallest absolute Gasteiger partial charge is 0.0725 e. The van der Waals surface area contributed by atoms with Gasteiger partial charge in [0.25, 0.3) is 0 Å². The maximum atomic E-state index is 2.41. The van der Waals surface area contributed by atoms with E-state index in [1.165, 1.54) is 83.1 Å². The predicted octanol–water partition coefficient (Wildman–Crippen LogP) is 10.8. The standard InChI is InChI=1S/C43H27N/c1-2-13-29(14-3-1)44-40-24-11-7-17-33(40)35-27-28(25-26-41(35)44)30-19-12-23-39-42(30)34-18-6-10-22-38(34)43(39)36-20-8-4-15-31(36)32-16-5-9-21-37(32)43/h1-27H. The van der Waals surface area contributed by atoms with E-state index in [9.17, 15) is 0 Å². The van der Waals surface area contributed by atoms with Crippen LogP contribution in [0.4, 0.5) is 0 Å². The number of benzene rings is 7. The molecule has 8 aromatic rings. The summed E-state index contributed by atoms with van der Waals surface area (Å²) in [6, 6.07) is 60.6. The van der Waals surface area contributed by atoms with Gasteiger partial charge in [-0.25, -0.2) is 0 Å². The molecule has 0 radical (unpaired) electrons. The van der Waals surface area contributed by atoms with Crippen LogP contribution < -0.4 is 0 Å². The van der Waals surface area contributed by atoms with Crippen LogP contribution in [0.5, 0.6) is 0 Å². The summed E-state index contributed by atoms with van der Waals surface area (Å²) in [4.78, 5) is 0. The molecule has 1 spiro atoms. The molecule has 7 aromatic carbocycles. The maximum Gasteiger partial charge on any atom is 0.0725 e. The lowest BCUT2D eigenvalue weighted by Gasteiger charge is -2.30. The van der Waals surface area contributed by atoms with E-state index in [1.807, 2.05) is 0 Å². The average Bonchev–Trinajstić information content (AvgIpc) is 3.70. The van der Waals surface area contributed by atoms with Crippen molar-refractivity contribution >= 4 is 21.8 Å². The number of rotatable bonds is 2. The van der Waals surface area contributed by atoms with E-state index in [4.69, 9.17) is 0 Å². The molecule has 0 atom stereocenters. The van der Waals surface area contributed by atoms with Crippen LogP contribution in [0.2, 0.25) is 0 Å². The van der Waals surface area contributed by atoms with Gasteiger partial charge in [0.15, 0.2) is 0 Å². The van der Waals surface area contributed by atoms with Gasteiger partial charge < -0.3 is 4.57 Å². The van der Waals surface area contributed by atoms with Gasteiger partial charge in [-0.15, -0.1) is 0 Å². The Bertz CT molecular complexity index is 2400. The first kappa shape index (κ1) is 23.9. The molecular formula is C43H27N. The summed E-state index contributed by atoms with van der Waals surface area (Å²) in [5, 5.41) is 2.55. The topological polar surface area (TPSA) is 4.93 Å². The Labute approximate surface area is 256 Å². The molecule has 1 aromatic heterocycles. The van der Waals surface area contributed by atoms with Crippen LogP contribution in [-0.4, -0.2) is 4.57 Å². The van der Waals surface area contributed by atoms with Gasteiger partial charge in [0.05, 0.1) is 16.4 Å². The molecule has 0 bridgehead atoms. The van der Waals surface area contributed by atoms with Gasteiger partial charge >= 0.3 is 0 Å². The molecule has 0 saturated heterocycles. The molecule has 204 valence electrons. The fourth-order valence-corrected chi connectivity index (χ4v) is 8.38. The number of fused-ring (bicyclic) bond motifs is 13. The van der Waals surface area contributed by atoms with Crippen LogP contribution in [-0.2, 0) is 5.41 Å². The van der Waals surface area contributed by atoms with Crippen LogP contribution in [0.1, 0.15) is 22.3 Å². The molecule has 0 amide bonds. The maximum absolute atomic E-state index is 2.41. The Morgan fingerprint density at radius 1 is 0.364 bits per heavy atom. The van der Waals surface area contributed by atoms with E-state index in [1.54, 1.807) is 0 Å². The second-order valence-corrected chi connectivity index (χ2v) is 12.0. The fraction of sp³-hybridized carbons (Fsp3) is 0.0233. The summed E-state index contributed by atoms with van der Waals surface area (Å²) in [6.45, 7) is 0. The fourth-order valence-electron chi connectivity index (χ4n) is 8.38. The van der Waals surface area contributed by atoms with Crippen LogP contribution >= 0.6 is 0 Å². The van der Waals surface area contributed by atoms with Crippen LogP contribution in [0.15, 0.2) is 164 Å². The zero-order valence-electron chi connectivity index (χ0n) is 24.0. The zero-order valence-corrected chi connectivity index (χ0v) is 24.0. The van der Waals surface area contributed by atoms with Crippen molar-refractivity contribution in [3.05, 3.63) is 186 Å². The number of nitrogens with zero attached hydrogens (tertiary/aromatic N) is 1. The second kappa shape index (κ2) is 8.69. The molecule has 1 nitrogen and oxygen atoms in total. The molecule has 1 heteroatoms. The molecular weight excluding hydrogens is 530 g/mol. The largest absolute Gasteiger partial charge is 0.309 e. The van der Waals surface area contributed by atoms with Gasteiger partial charge in [0.1, 0.15) is 0 Å². The monoisotopic (exact) mass is 557 g/mol. The molecule has 0 aliphatic heterocycles. The molecule has 0 fully saturated rings. The molecule has 0 saturated carbocycles. The highest BCUT2D eigenvalue weighted by molar-refractivity contribution is 6.11. The van der Waals surface area contributed by atoms with Gasteiger partial charge in [-0.2, -0.15) is 0 Å². The molecule has 10 rings (SSSR count). The summed E-state index contributed by atoms with van der Waals surface area (Å²) >= 11 is 0. The van der Waals surface area contributed by atoms with Crippen molar-refractivity contribution < 1.29 is 0 Å². The normalized spacial score (nSPS) is 13.6. The number of hydrogen-bond acceptors (Lipinski definition) is 0. The van der Waals surface area contributed by atoms with Crippen molar-refractivity contribution in [2.24, 2.45) is 0 Å². The predicted molar refractivity (Wildman–Crippen MR) is 183 cm³/mol. The minimum absolute atomic E-state index is 0.331. The Balaban J connectivity index is 1.28. The molecule has 44 heavy (non-hydrogen) atoms. The molecule has 2 aliphatic carbocycles. The lowest BCUT2D eigenvalue weighted by molar-refractivity contribution is 0.794. The summed E-state index contributed by atoms with van der Waals surface area (Å²) in [6.07, 6.45) is 0. The SMILES string of the molecule is c1ccc(-n2c3ccccc3c3cc(-c4cccc5c4-c4ccccc4C54c5ccccc5-c5ccccc54)ccc32)cc1. The van der Waals surface area contributed by atoms with E-state index in [2.05, 4.69) is 168 Å². The summed E-state index contributed by atoms with van der Waals surface area (Å²) in [7, 11) is 0. The van der Waals surface area contributed by atoms with Crippen molar-refractivity contribution in [3.8, 4) is 39.1 Å². The quantitative estimate of drug-likeness (QED) is 0.199. The average molecular weight is 558 g/mol. The van der Waals surface area contributed by atoms with Crippen molar-refractivity contribution in [2.75, 3.05) is 0 Å². The van der Waals surface area contributed by atoms with Gasteiger partial charge in [-0.3, -0.25) is 0 Å². The Kier molecular flexibility index (Phi) is 4.71. The molecule has 1 heterocycles. The third kappa shape index (κ3) is 2.89. The Hall–Kier alpha value is -5.66. The number of hydrogen-bond donors (Lipinski definition) is 0. The summed E-state index contributed by atoms with van der Waals surface area (Å²) in [5.74, 6) is 0. The highest BCUT2D eigenvalue weighted by Gasteiger charge is 2.51. The third-order valence-corrected chi connectivity index (χ3v) is 10.0. The van der Waals surface area contributed by atoms with Gasteiger partial charge in [-0.05, 0) is 86.0 Å². The van der Waals surface area contributed by atoms with Crippen molar-refractivity contribution in [2.45, 2.75) is 5.41 Å². The van der Waals surface area contributed by atoms with Gasteiger partial charge in [0, 0.05) is 16.5 Å². The number of aromatic nitrogens is 1. The van der Waals surface area contributed by atoms with Gasteiger partial charge in [0.2, 0.25) is 0 Å². The molecule has 0 N–H and O–H groups in total. The molecule has 2 aliphatic rings. The van der Waals surface area contributed by atoms with Crippen molar-refractivity contribution in [1.82, 2.24) is 4.57 Å². The van der Waals surface area contributed by atoms with E-state index in [-0.39, 0.29) is 5.41 Å². The third-order valence-electron chi connectivity index (χ3n) is 10.0. The zero-order chi connectivity index (χ0) is 28.8. The summed E-state index contributed by atoms with van der Waals surface area (Å²) in [5.41, 5.74) is 16.7. The number of para-hydroxylation sites is 2. The van der Waals surface area contributed by atoms with Crippen molar-refractivity contribution in [3.63, 3.8) is 0 Å².